The molecule has 2 aromatic carbocycles. The van der Waals surface area contributed by atoms with Gasteiger partial charge in [0.05, 0.1) is 18.0 Å². The molecule has 4 rings (SSSR count). The van der Waals surface area contributed by atoms with Crippen molar-refractivity contribution in [2.75, 3.05) is 20.1 Å². The van der Waals surface area contributed by atoms with Crippen molar-refractivity contribution in [3.8, 4) is 0 Å². The molecule has 2 aliphatic rings. The highest BCUT2D eigenvalue weighted by molar-refractivity contribution is 5.79. The average molecular weight is 402 g/mol. The van der Waals surface area contributed by atoms with Crippen LogP contribution in [0.5, 0.6) is 0 Å². The highest BCUT2D eigenvalue weighted by Gasteiger charge is 2.41. The van der Waals surface area contributed by atoms with E-state index in [1.807, 2.05) is 18.2 Å². The van der Waals surface area contributed by atoms with Crippen LogP contribution >= 0.6 is 0 Å². The molecular weight excluding hydrogens is 377 g/mol. The first-order valence-electron chi connectivity index (χ1n) is 10.1. The number of amides is 1. The highest BCUT2D eigenvalue weighted by Crippen LogP contribution is 2.40. The van der Waals surface area contributed by atoms with E-state index in [2.05, 4.69) is 11.0 Å². The Bertz CT molecular complexity index is 890. The van der Waals surface area contributed by atoms with Gasteiger partial charge < -0.3 is 4.90 Å². The van der Waals surface area contributed by atoms with Gasteiger partial charge in [0.2, 0.25) is 5.91 Å². The molecule has 0 bridgehead atoms. The molecule has 0 saturated carbocycles. The smallest absolute Gasteiger partial charge is 0.337 e. The zero-order chi connectivity index (χ0) is 20.6. The third-order valence-corrected chi connectivity index (χ3v) is 6.25. The number of carbonyl (C=O) groups excluding carboxylic acids is 1. The lowest BCUT2D eigenvalue weighted by molar-refractivity contribution is -0.139. The van der Waals surface area contributed by atoms with E-state index in [9.17, 15) is 18.0 Å². The maximum atomic E-state index is 13.3. The van der Waals surface area contributed by atoms with Gasteiger partial charge in [0, 0.05) is 13.1 Å². The summed E-state index contributed by atoms with van der Waals surface area (Å²) in [6, 6.07) is 13.5. The summed E-state index contributed by atoms with van der Waals surface area (Å²) in [6.45, 7) is 2.02. The van der Waals surface area contributed by atoms with E-state index in [4.69, 9.17) is 0 Å². The molecule has 29 heavy (non-hydrogen) atoms. The van der Waals surface area contributed by atoms with Gasteiger partial charge in [-0.05, 0) is 55.1 Å². The van der Waals surface area contributed by atoms with Gasteiger partial charge in [0.15, 0.2) is 0 Å². The van der Waals surface area contributed by atoms with Crippen LogP contribution in [0.15, 0.2) is 48.5 Å². The lowest BCUT2D eigenvalue weighted by atomic mass is 10.0. The van der Waals surface area contributed by atoms with Crippen LogP contribution < -0.4 is 0 Å². The van der Waals surface area contributed by atoms with Crippen LogP contribution in [0.2, 0.25) is 0 Å². The Labute approximate surface area is 169 Å². The second-order valence-electron chi connectivity index (χ2n) is 7.99. The second kappa shape index (κ2) is 7.82. The highest BCUT2D eigenvalue weighted by atomic mass is 19.4. The normalized spacial score (nSPS) is 21.9. The first-order valence-corrected chi connectivity index (χ1v) is 10.1. The van der Waals surface area contributed by atoms with Crippen LogP contribution in [0.25, 0.3) is 0 Å². The fourth-order valence-electron chi connectivity index (χ4n) is 4.82. The van der Waals surface area contributed by atoms with Crippen LogP contribution in [0.4, 0.5) is 13.2 Å². The quantitative estimate of drug-likeness (QED) is 0.754. The summed E-state index contributed by atoms with van der Waals surface area (Å²) in [6.07, 6.45) is -1.55. The molecule has 0 aromatic heterocycles. The number of rotatable bonds is 4. The lowest BCUT2D eigenvalue weighted by Crippen LogP contribution is -2.44. The Morgan fingerprint density at radius 1 is 1.07 bits per heavy atom. The minimum atomic E-state index is -4.46. The molecule has 1 saturated heterocycles. The average Bonchev–Trinajstić information content (AvgIpc) is 3.34. The summed E-state index contributed by atoms with van der Waals surface area (Å²) < 4.78 is 40.0. The number of hydrogen-bond acceptors (Lipinski definition) is 2. The van der Waals surface area contributed by atoms with Crippen molar-refractivity contribution in [2.45, 2.75) is 43.9 Å². The molecule has 0 unspecified atom stereocenters. The summed E-state index contributed by atoms with van der Waals surface area (Å²) in [7, 11) is 1.73. The fraction of sp³-hybridized carbons (Fsp3) is 0.435. The van der Waals surface area contributed by atoms with Gasteiger partial charge in [0.1, 0.15) is 0 Å². The van der Waals surface area contributed by atoms with Crippen LogP contribution in [0.1, 0.15) is 41.1 Å². The predicted molar refractivity (Wildman–Crippen MR) is 105 cm³/mol. The Morgan fingerprint density at radius 2 is 1.72 bits per heavy atom. The summed E-state index contributed by atoms with van der Waals surface area (Å²) in [5, 5.41) is 0. The Morgan fingerprint density at radius 3 is 2.45 bits per heavy atom. The molecule has 1 aliphatic carbocycles. The number of hydrogen-bond donors (Lipinski definition) is 0. The predicted octanol–water partition coefficient (Wildman–Crippen LogP) is 4.47. The molecule has 154 valence electrons. The van der Waals surface area contributed by atoms with Crippen LogP contribution in [-0.2, 0) is 23.8 Å². The zero-order valence-electron chi connectivity index (χ0n) is 16.5. The van der Waals surface area contributed by atoms with E-state index < -0.39 is 11.7 Å². The standard InChI is InChI=1S/C23H25F3N2O/c1-27(21(29)15-17-9-3-5-11-19(17)23(24,25)26)22-18-10-4-2-8-16(18)14-20(22)28-12-6-7-13-28/h2-5,8-11,20,22H,6-7,12-15H2,1H3/t20-,22-/m1/s1. The number of carbonyl (C=O) groups is 1. The number of likely N-dealkylation sites (N-methyl/N-ethyl adjacent to an activating group) is 1. The van der Waals surface area contributed by atoms with Gasteiger partial charge in [-0.1, -0.05) is 42.5 Å². The van der Waals surface area contributed by atoms with Gasteiger partial charge in [0.25, 0.3) is 0 Å². The number of benzene rings is 2. The maximum absolute atomic E-state index is 13.3. The summed E-state index contributed by atoms with van der Waals surface area (Å²) in [4.78, 5) is 17.2. The summed E-state index contributed by atoms with van der Waals surface area (Å²) in [5.41, 5.74) is 1.64. The van der Waals surface area contributed by atoms with E-state index in [0.29, 0.717) is 0 Å². The number of alkyl halides is 3. The fourth-order valence-corrected chi connectivity index (χ4v) is 4.82. The Balaban J connectivity index is 1.60. The van der Waals surface area contributed by atoms with Gasteiger partial charge in [-0.2, -0.15) is 13.2 Å². The van der Waals surface area contributed by atoms with Crippen molar-refractivity contribution < 1.29 is 18.0 Å². The molecule has 2 aromatic rings. The van der Waals surface area contributed by atoms with Crippen molar-refractivity contribution in [1.82, 2.24) is 9.80 Å². The molecule has 1 fully saturated rings. The van der Waals surface area contributed by atoms with E-state index in [1.165, 1.54) is 17.7 Å². The first kappa shape index (κ1) is 20.0. The van der Waals surface area contributed by atoms with E-state index in [0.717, 1.165) is 44.0 Å². The number of halogens is 3. The minimum absolute atomic E-state index is 0.0286. The zero-order valence-corrected chi connectivity index (χ0v) is 16.5. The van der Waals surface area contributed by atoms with Crippen LogP contribution in [-0.4, -0.2) is 41.9 Å². The molecule has 3 nitrogen and oxygen atoms in total. The molecular formula is C23H25F3N2O. The monoisotopic (exact) mass is 402 g/mol. The molecule has 2 atom stereocenters. The number of nitrogens with zero attached hydrogens (tertiary/aromatic N) is 2. The maximum Gasteiger partial charge on any atom is 0.416 e. The van der Waals surface area contributed by atoms with Gasteiger partial charge in [-0.3, -0.25) is 9.69 Å². The molecule has 1 amide bonds. The van der Waals surface area contributed by atoms with Crippen molar-refractivity contribution in [3.05, 3.63) is 70.8 Å². The van der Waals surface area contributed by atoms with Crippen LogP contribution in [0, 0.1) is 0 Å². The van der Waals surface area contributed by atoms with Crippen molar-refractivity contribution in [3.63, 3.8) is 0 Å². The van der Waals surface area contributed by atoms with E-state index >= 15 is 0 Å². The second-order valence-corrected chi connectivity index (χ2v) is 7.99. The first-order chi connectivity index (χ1) is 13.9. The van der Waals surface area contributed by atoms with Gasteiger partial charge in [-0.25, -0.2) is 0 Å². The van der Waals surface area contributed by atoms with Crippen molar-refractivity contribution >= 4 is 5.91 Å². The summed E-state index contributed by atoms with van der Waals surface area (Å²) in [5.74, 6) is -0.285. The van der Waals surface area contributed by atoms with E-state index in [-0.39, 0.29) is 30.0 Å². The third-order valence-electron chi connectivity index (χ3n) is 6.25. The third kappa shape index (κ3) is 3.90. The largest absolute Gasteiger partial charge is 0.416 e. The number of likely N-dealkylation sites (tertiary alicyclic amines) is 1. The number of fused-ring (bicyclic) bond motifs is 1. The molecule has 0 N–H and O–H groups in total. The lowest BCUT2D eigenvalue weighted by Gasteiger charge is -2.35. The van der Waals surface area contributed by atoms with Crippen molar-refractivity contribution in [2.24, 2.45) is 0 Å². The Kier molecular flexibility index (Phi) is 5.38. The minimum Gasteiger partial charge on any atom is -0.337 e. The van der Waals surface area contributed by atoms with E-state index in [1.54, 1.807) is 18.0 Å². The van der Waals surface area contributed by atoms with Crippen molar-refractivity contribution in [1.29, 1.82) is 0 Å². The topological polar surface area (TPSA) is 23.6 Å². The van der Waals surface area contributed by atoms with Gasteiger partial charge >= 0.3 is 6.18 Å². The molecule has 6 heteroatoms. The summed E-state index contributed by atoms with van der Waals surface area (Å²) >= 11 is 0. The SMILES string of the molecule is CN(C(=O)Cc1ccccc1C(F)(F)F)[C@@H]1c2ccccc2C[C@H]1N1CCCC1. The van der Waals surface area contributed by atoms with Crippen LogP contribution in [0.3, 0.4) is 0 Å². The molecule has 0 spiro atoms. The Hall–Kier alpha value is -2.34. The molecule has 1 heterocycles. The van der Waals surface area contributed by atoms with Gasteiger partial charge in [-0.15, -0.1) is 0 Å². The molecule has 1 aliphatic heterocycles. The molecule has 0 radical (unpaired) electrons.